The summed E-state index contributed by atoms with van der Waals surface area (Å²) in [6.45, 7) is 1.75. The van der Waals surface area contributed by atoms with E-state index in [1.807, 2.05) is 24.3 Å². The molecule has 1 aromatic carbocycles. The van der Waals surface area contributed by atoms with Crippen molar-refractivity contribution in [1.29, 1.82) is 0 Å². The molecule has 182 valence electrons. The minimum atomic E-state index is -0.918. The number of anilines is 1. The highest BCUT2D eigenvalue weighted by atomic mass is 16.3. The maximum absolute atomic E-state index is 13.6. The summed E-state index contributed by atoms with van der Waals surface area (Å²) in [6, 6.07) is 13.3. The lowest BCUT2D eigenvalue weighted by Gasteiger charge is -2.32. The number of furan rings is 1. The number of hydrogen-bond acceptors (Lipinski definition) is 5. The zero-order valence-electron chi connectivity index (χ0n) is 19.8. The molecule has 0 bridgehead atoms. The molecule has 0 saturated heterocycles. The summed E-state index contributed by atoms with van der Waals surface area (Å²) in [5, 5.41) is 5.74. The highest BCUT2D eigenvalue weighted by molar-refractivity contribution is 6.04. The van der Waals surface area contributed by atoms with Crippen LogP contribution in [0.25, 0.3) is 0 Å². The molecule has 3 amide bonds. The summed E-state index contributed by atoms with van der Waals surface area (Å²) in [5.41, 5.74) is 2.33. The van der Waals surface area contributed by atoms with Gasteiger partial charge in [-0.15, -0.1) is 0 Å². The highest BCUT2D eigenvalue weighted by Gasteiger charge is 2.34. The minimum Gasteiger partial charge on any atom is -0.459 e. The van der Waals surface area contributed by atoms with Gasteiger partial charge in [0.2, 0.25) is 11.8 Å². The standard InChI is InChI=1S/C27H30N4O4/c1-2-19-9-11-22(12-10-19)31(24(32)18-29-26(33)23-8-5-17-35-23)25(20-13-15-28-16-14-20)27(34)30-21-6-3-4-7-21/h5,8-17,21,25H,2-4,6-7,18H2,1H3,(H,29,33)(H,30,34)/t25-/m0/s1. The van der Waals surface area contributed by atoms with Gasteiger partial charge in [0.25, 0.3) is 5.91 Å². The van der Waals surface area contributed by atoms with Crippen LogP contribution in [0.3, 0.4) is 0 Å². The molecular formula is C27H30N4O4. The molecule has 1 atom stereocenters. The number of pyridine rings is 1. The third-order valence-corrected chi connectivity index (χ3v) is 6.27. The Kier molecular flexibility index (Phi) is 7.92. The lowest BCUT2D eigenvalue weighted by Crippen LogP contribution is -2.49. The monoisotopic (exact) mass is 474 g/mol. The fourth-order valence-corrected chi connectivity index (χ4v) is 4.38. The first-order chi connectivity index (χ1) is 17.1. The van der Waals surface area contributed by atoms with Crippen LogP contribution in [0.2, 0.25) is 0 Å². The average Bonchev–Trinajstić information content (AvgIpc) is 3.61. The largest absolute Gasteiger partial charge is 0.459 e. The molecule has 8 heteroatoms. The second-order valence-electron chi connectivity index (χ2n) is 8.62. The van der Waals surface area contributed by atoms with Gasteiger partial charge in [0, 0.05) is 24.1 Å². The molecule has 1 aliphatic rings. The van der Waals surface area contributed by atoms with E-state index in [-0.39, 0.29) is 24.3 Å². The van der Waals surface area contributed by atoms with E-state index in [1.165, 1.54) is 17.2 Å². The molecule has 0 aliphatic heterocycles. The zero-order valence-corrected chi connectivity index (χ0v) is 19.8. The number of aryl methyl sites for hydroxylation is 1. The van der Waals surface area contributed by atoms with Crippen molar-refractivity contribution >= 4 is 23.4 Å². The van der Waals surface area contributed by atoms with Crippen molar-refractivity contribution in [2.24, 2.45) is 0 Å². The first kappa shape index (κ1) is 24.2. The summed E-state index contributed by atoms with van der Waals surface area (Å²) in [7, 11) is 0. The smallest absolute Gasteiger partial charge is 0.287 e. The maximum Gasteiger partial charge on any atom is 0.287 e. The first-order valence-corrected chi connectivity index (χ1v) is 12.0. The van der Waals surface area contributed by atoms with Gasteiger partial charge in [0.1, 0.15) is 6.04 Å². The van der Waals surface area contributed by atoms with Crippen molar-refractivity contribution in [2.45, 2.75) is 51.1 Å². The maximum atomic E-state index is 13.6. The topological polar surface area (TPSA) is 105 Å². The summed E-state index contributed by atoms with van der Waals surface area (Å²) in [6.07, 6.45) is 9.45. The van der Waals surface area contributed by atoms with E-state index in [0.717, 1.165) is 37.7 Å². The molecule has 1 fully saturated rings. The van der Waals surface area contributed by atoms with E-state index < -0.39 is 17.9 Å². The molecule has 2 heterocycles. The van der Waals surface area contributed by atoms with Gasteiger partial charge >= 0.3 is 0 Å². The number of rotatable bonds is 9. The second-order valence-corrected chi connectivity index (χ2v) is 8.62. The fraction of sp³-hybridized carbons (Fsp3) is 0.333. The molecule has 0 unspecified atom stereocenters. The molecule has 0 radical (unpaired) electrons. The van der Waals surface area contributed by atoms with Gasteiger partial charge in [-0.3, -0.25) is 24.3 Å². The van der Waals surface area contributed by atoms with Crippen molar-refractivity contribution in [1.82, 2.24) is 15.6 Å². The van der Waals surface area contributed by atoms with Gasteiger partial charge in [0.15, 0.2) is 5.76 Å². The number of carbonyl (C=O) groups is 3. The Labute approximate surface area is 204 Å². The van der Waals surface area contributed by atoms with Crippen LogP contribution in [0, 0.1) is 0 Å². The number of nitrogens with zero attached hydrogens (tertiary/aromatic N) is 2. The van der Waals surface area contributed by atoms with Gasteiger partial charge in [-0.25, -0.2) is 0 Å². The molecule has 2 N–H and O–H groups in total. The summed E-state index contributed by atoms with van der Waals surface area (Å²) in [5.74, 6) is -1.06. The van der Waals surface area contributed by atoms with Gasteiger partial charge < -0.3 is 15.1 Å². The Hall–Kier alpha value is -3.94. The summed E-state index contributed by atoms with van der Waals surface area (Å²) < 4.78 is 5.12. The summed E-state index contributed by atoms with van der Waals surface area (Å²) in [4.78, 5) is 45.2. The number of benzene rings is 1. The SMILES string of the molecule is CCc1ccc(N(C(=O)CNC(=O)c2ccco2)[C@H](C(=O)NC2CCCC2)c2ccncc2)cc1. The highest BCUT2D eigenvalue weighted by Crippen LogP contribution is 2.29. The van der Waals surface area contributed by atoms with Crippen molar-refractivity contribution in [3.63, 3.8) is 0 Å². The van der Waals surface area contributed by atoms with Crippen LogP contribution in [0.5, 0.6) is 0 Å². The van der Waals surface area contributed by atoms with Crippen LogP contribution in [0.4, 0.5) is 5.69 Å². The Balaban J connectivity index is 1.66. The molecule has 3 aromatic rings. The van der Waals surface area contributed by atoms with Crippen LogP contribution in [0.1, 0.15) is 60.3 Å². The van der Waals surface area contributed by atoms with Gasteiger partial charge in [-0.1, -0.05) is 31.9 Å². The third-order valence-electron chi connectivity index (χ3n) is 6.27. The third kappa shape index (κ3) is 5.95. The molecule has 8 nitrogen and oxygen atoms in total. The van der Waals surface area contributed by atoms with E-state index in [1.54, 1.807) is 30.6 Å². The van der Waals surface area contributed by atoms with E-state index >= 15 is 0 Å². The van der Waals surface area contributed by atoms with Gasteiger partial charge in [0.05, 0.1) is 12.8 Å². The van der Waals surface area contributed by atoms with Crippen molar-refractivity contribution in [3.8, 4) is 0 Å². The van der Waals surface area contributed by atoms with Crippen LogP contribution in [-0.4, -0.2) is 35.3 Å². The van der Waals surface area contributed by atoms with E-state index in [2.05, 4.69) is 22.5 Å². The molecule has 35 heavy (non-hydrogen) atoms. The number of amides is 3. The molecule has 1 aliphatic carbocycles. The Morgan fingerprint density at radius 2 is 1.77 bits per heavy atom. The van der Waals surface area contributed by atoms with E-state index in [9.17, 15) is 14.4 Å². The van der Waals surface area contributed by atoms with Crippen molar-refractivity contribution in [3.05, 3.63) is 84.1 Å². The number of nitrogens with one attached hydrogen (secondary N) is 2. The van der Waals surface area contributed by atoms with Crippen LogP contribution >= 0.6 is 0 Å². The molecule has 1 saturated carbocycles. The minimum absolute atomic E-state index is 0.0879. The molecule has 0 spiro atoms. The molecular weight excluding hydrogens is 444 g/mol. The predicted molar refractivity (Wildman–Crippen MR) is 132 cm³/mol. The fourth-order valence-electron chi connectivity index (χ4n) is 4.38. The number of hydrogen-bond donors (Lipinski definition) is 2. The van der Waals surface area contributed by atoms with Crippen LogP contribution in [-0.2, 0) is 16.0 Å². The van der Waals surface area contributed by atoms with Crippen molar-refractivity contribution < 1.29 is 18.8 Å². The van der Waals surface area contributed by atoms with E-state index in [4.69, 9.17) is 4.42 Å². The average molecular weight is 475 g/mol. The van der Waals surface area contributed by atoms with Crippen LogP contribution < -0.4 is 15.5 Å². The summed E-state index contributed by atoms with van der Waals surface area (Å²) >= 11 is 0. The lowest BCUT2D eigenvalue weighted by atomic mass is 10.0. The van der Waals surface area contributed by atoms with Crippen LogP contribution in [0.15, 0.2) is 71.6 Å². The zero-order chi connectivity index (χ0) is 24.6. The Morgan fingerprint density at radius 1 is 1.06 bits per heavy atom. The normalized spacial score (nSPS) is 14.3. The predicted octanol–water partition coefficient (Wildman–Crippen LogP) is 3.80. The van der Waals surface area contributed by atoms with Gasteiger partial charge in [-0.2, -0.15) is 0 Å². The Bertz CT molecular complexity index is 1120. The van der Waals surface area contributed by atoms with Gasteiger partial charge in [-0.05, 0) is 66.8 Å². The Morgan fingerprint density at radius 3 is 2.40 bits per heavy atom. The molecule has 4 rings (SSSR count). The number of carbonyl (C=O) groups excluding carboxylic acids is 3. The second kappa shape index (κ2) is 11.5. The quantitative estimate of drug-likeness (QED) is 0.491. The molecule has 2 aromatic heterocycles. The van der Waals surface area contributed by atoms with Crippen molar-refractivity contribution in [2.75, 3.05) is 11.4 Å². The first-order valence-electron chi connectivity index (χ1n) is 12.0. The van der Waals surface area contributed by atoms with E-state index in [0.29, 0.717) is 11.3 Å². The number of aromatic nitrogens is 1. The lowest BCUT2D eigenvalue weighted by molar-refractivity contribution is -0.126.